The second-order valence-electron chi connectivity index (χ2n) is 12.4. The Hall–Kier alpha value is -3.99. The largest absolute Gasteiger partial charge is 0.497 e. The van der Waals surface area contributed by atoms with Gasteiger partial charge >= 0.3 is 0 Å². The molecular formula is C34H41N3O6Si. The Morgan fingerprint density at radius 3 is 2.18 bits per heavy atom. The van der Waals surface area contributed by atoms with E-state index in [1.54, 1.807) is 18.1 Å². The molecular weight excluding hydrogens is 574 g/mol. The molecule has 5 rings (SSSR count). The van der Waals surface area contributed by atoms with Crippen LogP contribution in [0.4, 0.5) is 17.1 Å². The van der Waals surface area contributed by atoms with E-state index in [4.69, 9.17) is 9.47 Å². The highest BCUT2D eigenvalue weighted by Crippen LogP contribution is 2.60. The number of benzene rings is 3. The highest BCUT2D eigenvalue weighted by molar-refractivity contribution is 6.91. The fraction of sp³-hybridized carbons (Fsp3) is 0.382. The van der Waals surface area contributed by atoms with Crippen LogP contribution in [0.25, 0.3) is 0 Å². The van der Waals surface area contributed by atoms with Crippen molar-refractivity contribution in [2.45, 2.75) is 64.1 Å². The summed E-state index contributed by atoms with van der Waals surface area (Å²) >= 11 is 0. The van der Waals surface area contributed by atoms with Crippen LogP contribution in [0, 0.1) is 5.92 Å². The number of hydrogen-bond donors (Lipinski definition) is 3. The zero-order chi connectivity index (χ0) is 31.8. The molecule has 3 N–H and O–H groups in total. The summed E-state index contributed by atoms with van der Waals surface area (Å²) in [6, 6.07) is 21.1. The molecule has 1 spiro atoms. The number of rotatable bonds is 9. The van der Waals surface area contributed by atoms with E-state index < -0.39 is 13.7 Å². The lowest BCUT2D eigenvalue weighted by atomic mass is 9.82. The van der Waals surface area contributed by atoms with Crippen LogP contribution in [-0.4, -0.2) is 50.7 Å². The molecule has 9 nitrogen and oxygen atoms in total. The molecule has 3 aromatic carbocycles. The standard InChI is InChI=1S/C34H41N3O6Si/c1-21-32(44(5,6)28-14-12-27(42-4)13-15-28)31(17-18-38)43-34(21)29-19-26(36-23(3)40)11-16-30(29)37(33(34)41)20-24-7-9-25(10-8-24)35-22(2)39/h7-16,19,21,31-32,38H,17-18,20H2,1-6H3,(H,35,39)(H,36,40)/t21-,31+,32-,34+/m0/s1. The van der Waals surface area contributed by atoms with Crippen molar-refractivity contribution in [3.05, 3.63) is 77.9 Å². The summed E-state index contributed by atoms with van der Waals surface area (Å²) in [5, 5.41) is 17.0. The predicted molar refractivity (Wildman–Crippen MR) is 174 cm³/mol. The van der Waals surface area contributed by atoms with Crippen molar-refractivity contribution in [2.75, 3.05) is 29.3 Å². The smallest absolute Gasteiger partial charge is 0.264 e. The summed E-state index contributed by atoms with van der Waals surface area (Å²) in [7, 11) is -0.666. The number of methoxy groups -OCH3 is 1. The maximum atomic E-state index is 14.8. The second kappa shape index (κ2) is 12.2. The number of aliphatic hydroxyl groups excluding tert-OH is 1. The van der Waals surface area contributed by atoms with Crippen LogP contribution in [0.15, 0.2) is 66.7 Å². The molecule has 0 aromatic heterocycles. The molecule has 4 atom stereocenters. The molecule has 0 aliphatic carbocycles. The molecule has 0 unspecified atom stereocenters. The van der Waals surface area contributed by atoms with E-state index >= 15 is 0 Å². The Balaban J connectivity index is 1.59. The fourth-order valence-corrected chi connectivity index (χ4v) is 11.3. The molecule has 44 heavy (non-hydrogen) atoms. The van der Waals surface area contributed by atoms with Crippen molar-refractivity contribution in [2.24, 2.45) is 5.92 Å². The number of amides is 3. The summed E-state index contributed by atoms with van der Waals surface area (Å²) in [6.07, 6.45) is 0.0546. The van der Waals surface area contributed by atoms with Gasteiger partial charge in [0.05, 0.1) is 33.5 Å². The molecule has 2 heterocycles. The number of nitrogens with zero attached hydrogens (tertiary/aromatic N) is 1. The quantitative estimate of drug-likeness (QED) is 0.299. The predicted octanol–water partition coefficient (Wildman–Crippen LogP) is 4.76. The van der Waals surface area contributed by atoms with Crippen LogP contribution < -0.4 is 25.5 Å². The van der Waals surface area contributed by atoms with Gasteiger partial charge in [0, 0.05) is 43.3 Å². The van der Waals surface area contributed by atoms with Gasteiger partial charge in [-0.2, -0.15) is 0 Å². The Morgan fingerprint density at radius 1 is 0.977 bits per heavy atom. The molecule has 3 amide bonds. The third-order valence-electron chi connectivity index (χ3n) is 9.18. The van der Waals surface area contributed by atoms with Crippen LogP contribution in [-0.2, 0) is 31.3 Å². The number of ether oxygens (including phenoxy) is 2. The van der Waals surface area contributed by atoms with Gasteiger partial charge in [-0.15, -0.1) is 0 Å². The highest BCUT2D eigenvalue weighted by atomic mass is 28.3. The van der Waals surface area contributed by atoms with Crippen molar-refractivity contribution >= 4 is 48.0 Å². The Kier molecular flexibility index (Phi) is 8.70. The van der Waals surface area contributed by atoms with Crippen LogP contribution in [0.2, 0.25) is 18.6 Å². The van der Waals surface area contributed by atoms with Crippen LogP contribution in [0.1, 0.15) is 38.3 Å². The van der Waals surface area contributed by atoms with E-state index in [9.17, 15) is 19.5 Å². The lowest BCUT2D eigenvalue weighted by Gasteiger charge is -2.37. The van der Waals surface area contributed by atoms with Gasteiger partial charge in [-0.3, -0.25) is 14.4 Å². The zero-order valence-corrected chi connectivity index (χ0v) is 27.1. The van der Waals surface area contributed by atoms with Crippen molar-refractivity contribution < 1.29 is 29.0 Å². The number of carbonyl (C=O) groups is 3. The first kappa shape index (κ1) is 31.4. The SMILES string of the molecule is COc1ccc([Si](C)(C)[C@@H]2[C@@H](CCO)O[C@]3(C(=O)N(Cc4ccc(NC(C)=O)cc4)c4ccc(NC(C)=O)cc43)[C@H]2C)cc1. The molecule has 1 fully saturated rings. The molecule has 1 saturated heterocycles. The molecule has 0 bridgehead atoms. The Morgan fingerprint density at radius 2 is 1.59 bits per heavy atom. The van der Waals surface area contributed by atoms with Crippen molar-refractivity contribution in [1.82, 2.24) is 0 Å². The molecule has 2 aliphatic heterocycles. The first-order chi connectivity index (χ1) is 20.9. The summed E-state index contributed by atoms with van der Waals surface area (Å²) < 4.78 is 12.4. The number of hydrogen-bond acceptors (Lipinski definition) is 6. The first-order valence-corrected chi connectivity index (χ1v) is 18.0. The van der Waals surface area contributed by atoms with E-state index in [1.807, 2.05) is 48.5 Å². The van der Waals surface area contributed by atoms with Gasteiger partial charge in [0.1, 0.15) is 5.75 Å². The molecule has 0 radical (unpaired) electrons. The minimum atomic E-state index is -2.31. The van der Waals surface area contributed by atoms with Gasteiger partial charge in [0.15, 0.2) is 5.60 Å². The number of aliphatic hydroxyl groups is 1. The maximum absolute atomic E-state index is 14.8. The van der Waals surface area contributed by atoms with Crippen LogP contribution in [0.3, 0.4) is 0 Å². The normalized spacial score (nSPS) is 22.7. The van der Waals surface area contributed by atoms with Gasteiger partial charge in [0.25, 0.3) is 5.91 Å². The molecule has 2 aliphatic rings. The summed E-state index contributed by atoms with van der Waals surface area (Å²) in [5.74, 6) is 0.0381. The average Bonchev–Trinajstić information content (AvgIpc) is 3.40. The fourth-order valence-electron chi connectivity index (χ4n) is 7.23. The maximum Gasteiger partial charge on any atom is 0.264 e. The summed E-state index contributed by atoms with van der Waals surface area (Å²) in [4.78, 5) is 40.0. The highest BCUT2D eigenvalue weighted by Gasteiger charge is 2.66. The number of anilines is 3. The van der Waals surface area contributed by atoms with Crippen molar-refractivity contribution in [3.8, 4) is 5.75 Å². The molecule has 3 aromatic rings. The number of carbonyl (C=O) groups excluding carboxylic acids is 3. The number of nitrogens with one attached hydrogen (secondary N) is 2. The van der Waals surface area contributed by atoms with Gasteiger partial charge in [-0.25, -0.2) is 0 Å². The van der Waals surface area contributed by atoms with E-state index in [1.165, 1.54) is 19.0 Å². The monoisotopic (exact) mass is 615 g/mol. The van der Waals surface area contributed by atoms with E-state index in [0.717, 1.165) is 22.6 Å². The third-order valence-corrected chi connectivity index (χ3v) is 13.5. The minimum Gasteiger partial charge on any atom is -0.497 e. The summed E-state index contributed by atoms with van der Waals surface area (Å²) in [6.45, 7) is 9.85. The zero-order valence-electron chi connectivity index (χ0n) is 26.1. The lowest BCUT2D eigenvalue weighted by molar-refractivity contribution is -0.146. The third kappa shape index (κ3) is 5.53. The van der Waals surface area contributed by atoms with Crippen molar-refractivity contribution in [1.29, 1.82) is 0 Å². The molecule has 10 heteroatoms. The van der Waals surface area contributed by atoms with Crippen LogP contribution in [0.5, 0.6) is 5.75 Å². The Labute approximate surface area is 259 Å². The molecule has 0 saturated carbocycles. The molecule has 232 valence electrons. The van der Waals surface area contributed by atoms with Gasteiger partial charge < -0.3 is 30.1 Å². The average molecular weight is 616 g/mol. The first-order valence-electron chi connectivity index (χ1n) is 15.0. The Bertz CT molecular complexity index is 1560. The second-order valence-corrected chi connectivity index (χ2v) is 17.0. The van der Waals surface area contributed by atoms with Gasteiger partial charge in [-0.1, -0.05) is 49.5 Å². The van der Waals surface area contributed by atoms with E-state index in [-0.39, 0.29) is 41.9 Å². The van der Waals surface area contributed by atoms with Gasteiger partial charge in [0.2, 0.25) is 11.8 Å². The van der Waals surface area contributed by atoms with E-state index in [0.29, 0.717) is 24.3 Å². The lowest BCUT2D eigenvalue weighted by Crippen LogP contribution is -2.51. The number of fused-ring (bicyclic) bond motifs is 2. The van der Waals surface area contributed by atoms with E-state index in [2.05, 4.69) is 42.8 Å². The topological polar surface area (TPSA) is 117 Å². The summed E-state index contributed by atoms with van der Waals surface area (Å²) in [5.41, 5.74) is 2.33. The van der Waals surface area contributed by atoms with Crippen LogP contribution >= 0.6 is 0 Å². The van der Waals surface area contributed by atoms with Crippen molar-refractivity contribution in [3.63, 3.8) is 0 Å². The minimum absolute atomic E-state index is 0.00107. The van der Waals surface area contributed by atoms with Gasteiger partial charge in [-0.05, 0) is 60.0 Å².